The number of carbonyl (C=O) groups excluding carboxylic acids is 1. The Morgan fingerprint density at radius 2 is 1.71 bits per heavy atom. The fourth-order valence-corrected chi connectivity index (χ4v) is 6.01. The number of esters is 1. The maximum atomic E-state index is 13.4. The van der Waals surface area contributed by atoms with Crippen LogP contribution in [0.3, 0.4) is 0 Å². The summed E-state index contributed by atoms with van der Waals surface area (Å²) in [4.78, 5) is 12.4. The van der Waals surface area contributed by atoms with Gasteiger partial charge in [0.25, 0.3) is 10.1 Å². The molecule has 1 atom stereocenters. The molecule has 0 saturated carbocycles. The molecule has 2 aromatic rings. The van der Waals surface area contributed by atoms with E-state index in [0.717, 1.165) is 38.7 Å². The van der Waals surface area contributed by atoms with E-state index >= 15 is 0 Å². The quantitative estimate of drug-likeness (QED) is 0.163. The molecule has 0 aliphatic heterocycles. The van der Waals surface area contributed by atoms with Gasteiger partial charge in [-0.1, -0.05) is 38.3 Å². The lowest BCUT2D eigenvalue weighted by atomic mass is 9.90. The van der Waals surface area contributed by atoms with Crippen LogP contribution in [0.25, 0.3) is 11.1 Å². The Bertz CT molecular complexity index is 1060. The normalized spacial score (nSPS) is 12.6. The molecule has 0 saturated heterocycles. The van der Waals surface area contributed by atoms with Gasteiger partial charge in [-0.3, -0.25) is 4.18 Å². The predicted molar refractivity (Wildman–Crippen MR) is 132 cm³/mol. The highest BCUT2D eigenvalue weighted by molar-refractivity contribution is 14.1. The van der Waals surface area contributed by atoms with Crippen molar-refractivity contribution in [3.8, 4) is 11.1 Å². The highest BCUT2D eigenvalue weighted by Crippen LogP contribution is 2.38. The van der Waals surface area contributed by atoms with Crippen molar-refractivity contribution in [2.45, 2.75) is 71.3 Å². The van der Waals surface area contributed by atoms with Gasteiger partial charge in [0, 0.05) is 3.57 Å². The molecule has 31 heavy (non-hydrogen) atoms. The van der Waals surface area contributed by atoms with Gasteiger partial charge in [-0.15, -0.1) is 0 Å². The monoisotopic (exact) mass is 558 g/mol. The summed E-state index contributed by atoms with van der Waals surface area (Å²) in [6.07, 6.45) is 1.67. The number of rotatable bonds is 9. The van der Waals surface area contributed by atoms with Crippen LogP contribution in [0.4, 0.5) is 0 Å². The summed E-state index contributed by atoms with van der Waals surface area (Å²) < 4.78 is 38.2. The third-order valence-corrected chi connectivity index (χ3v) is 7.97. The molecule has 0 radical (unpaired) electrons. The van der Waals surface area contributed by atoms with Crippen molar-refractivity contribution in [1.29, 1.82) is 0 Å². The number of hydrogen-bond donors (Lipinski definition) is 0. The van der Waals surface area contributed by atoms with Crippen molar-refractivity contribution in [1.82, 2.24) is 0 Å². The van der Waals surface area contributed by atoms with E-state index in [2.05, 4.69) is 22.6 Å². The van der Waals surface area contributed by atoms with E-state index < -0.39 is 22.2 Å². The Labute approximate surface area is 199 Å². The van der Waals surface area contributed by atoms with Crippen LogP contribution in [0.2, 0.25) is 0 Å². The molecule has 0 bridgehead atoms. The van der Waals surface area contributed by atoms with Crippen molar-refractivity contribution in [3.63, 3.8) is 0 Å². The highest BCUT2D eigenvalue weighted by atomic mass is 127. The minimum absolute atomic E-state index is 0.133. The summed E-state index contributed by atoms with van der Waals surface area (Å²) in [7, 11) is -2.95. The van der Waals surface area contributed by atoms with Crippen molar-refractivity contribution in [3.05, 3.63) is 50.1 Å². The molecule has 2 aromatic carbocycles. The van der Waals surface area contributed by atoms with E-state index in [4.69, 9.17) is 8.92 Å². The van der Waals surface area contributed by atoms with E-state index in [1.54, 1.807) is 13.8 Å². The summed E-state index contributed by atoms with van der Waals surface area (Å²) in [5.74, 6) is -0.670. The van der Waals surface area contributed by atoms with E-state index in [1.807, 2.05) is 45.0 Å². The zero-order valence-electron chi connectivity index (χ0n) is 19.0. The summed E-state index contributed by atoms with van der Waals surface area (Å²) in [6, 6.07) is 7.96. The molecule has 2 rings (SSSR count). The molecular weight excluding hydrogens is 527 g/mol. The molecular formula is C24H31IO5S. The zero-order chi connectivity index (χ0) is 23.3. The van der Waals surface area contributed by atoms with Crippen LogP contribution in [0.5, 0.6) is 0 Å². The summed E-state index contributed by atoms with van der Waals surface area (Å²) >= 11 is 2.24. The number of ether oxygens (including phenoxy) is 1. The Morgan fingerprint density at radius 1 is 1.03 bits per heavy atom. The van der Waals surface area contributed by atoms with Gasteiger partial charge < -0.3 is 4.74 Å². The lowest BCUT2D eigenvalue weighted by Crippen LogP contribution is -2.29. The summed E-state index contributed by atoms with van der Waals surface area (Å²) in [6.45, 7) is 9.55. The lowest BCUT2D eigenvalue weighted by molar-refractivity contribution is -0.149. The minimum Gasteiger partial charge on any atom is -0.467 e. The fraction of sp³-hybridized carbons (Fsp3) is 0.458. The van der Waals surface area contributed by atoms with Crippen LogP contribution in [-0.4, -0.2) is 27.6 Å². The molecule has 0 aromatic heterocycles. The van der Waals surface area contributed by atoms with Crippen LogP contribution < -0.4 is 0 Å². The molecule has 0 amide bonds. The Balaban J connectivity index is 2.61. The Kier molecular flexibility index (Phi) is 9.09. The largest absolute Gasteiger partial charge is 0.467 e. The maximum Gasteiger partial charge on any atom is 0.336 e. The predicted octanol–water partition coefficient (Wildman–Crippen LogP) is 6.02. The molecule has 1 unspecified atom stereocenters. The third kappa shape index (κ3) is 5.87. The van der Waals surface area contributed by atoms with Crippen LogP contribution in [0.1, 0.15) is 54.9 Å². The Hall–Kier alpha value is -1.45. The minimum atomic E-state index is -4.20. The van der Waals surface area contributed by atoms with Gasteiger partial charge in [0.15, 0.2) is 6.10 Å². The second-order valence-electron chi connectivity index (χ2n) is 7.77. The van der Waals surface area contributed by atoms with Gasteiger partial charge in [-0.25, -0.2) is 4.79 Å². The summed E-state index contributed by atoms with van der Waals surface area (Å²) in [5.41, 5.74) is 5.02. The molecule has 0 spiro atoms. The average molecular weight is 558 g/mol. The first-order valence-corrected chi connectivity index (χ1v) is 12.9. The number of carbonyl (C=O) groups is 1. The standard InChI is InChI=1S/C24H31IO5S/c1-7-8-9-13-21(24(26)29-6)30-31(27,28)23-17(4)15(2)16(3)22(18(23)5)19-11-10-12-20(25)14-19/h10-12,14,21H,7-9,13H2,1-6H3. The maximum absolute atomic E-state index is 13.4. The molecule has 170 valence electrons. The molecule has 0 aliphatic rings. The second kappa shape index (κ2) is 10.9. The molecule has 0 aliphatic carbocycles. The van der Waals surface area contributed by atoms with Gasteiger partial charge in [0.2, 0.25) is 0 Å². The van der Waals surface area contributed by atoms with Crippen LogP contribution in [-0.2, 0) is 23.8 Å². The topological polar surface area (TPSA) is 69.7 Å². The van der Waals surface area contributed by atoms with Crippen molar-refractivity contribution in [2.24, 2.45) is 0 Å². The molecule has 0 N–H and O–H groups in total. The van der Waals surface area contributed by atoms with Crippen LogP contribution in [0.15, 0.2) is 29.2 Å². The molecule has 7 heteroatoms. The first-order valence-electron chi connectivity index (χ1n) is 10.4. The van der Waals surface area contributed by atoms with Gasteiger partial charge in [-0.2, -0.15) is 8.42 Å². The van der Waals surface area contributed by atoms with E-state index in [0.29, 0.717) is 24.0 Å². The molecule has 5 nitrogen and oxygen atoms in total. The Morgan fingerprint density at radius 3 is 2.29 bits per heavy atom. The fourth-order valence-electron chi connectivity index (χ4n) is 3.88. The zero-order valence-corrected chi connectivity index (χ0v) is 22.0. The van der Waals surface area contributed by atoms with E-state index in [-0.39, 0.29) is 4.90 Å². The average Bonchev–Trinajstić information content (AvgIpc) is 2.71. The number of unbranched alkanes of at least 4 members (excludes halogenated alkanes) is 2. The number of methoxy groups -OCH3 is 1. The van der Waals surface area contributed by atoms with Crippen LogP contribution >= 0.6 is 22.6 Å². The highest BCUT2D eigenvalue weighted by Gasteiger charge is 2.32. The van der Waals surface area contributed by atoms with Crippen molar-refractivity contribution < 1.29 is 22.1 Å². The first-order chi connectivity index (χ1) is 14.5. The summed E-state index contributed by atoms with van der Waals surface area (Å²) in [5, 5.41) is 0. The number of benzene rings is 2. The van der Waals surface area contributed by atoms with E-state index in [9.17, 15) is 13.2 Å². The van der Waals surface area contributed by atoms with Crippen molar-refractivity contribution >= 4 is 38.7 Å². The SMILES string of the molecule is CCCCCC(OS(=O)(=O)c1c(C)c(C)c(C)c(-c2cccc(I)c2)c1C)C(=O)OC. The van der Waals surface area contributed by atoms with Gasteiger partial charge in [-0.05, 0) is 102 Å². The number of hydrogen-bond acceptors (Lipinski definition) is 5. The number of halogens is 1. The first kappa shape index (κ1) is 25.8. The lowest BCUT2D eigenvalue weighted by Gasteiger charge is -2.22. The molecule has 0 heterocycles. The van der Waals surface area contributed by atoms with Gasteiger partial charge in [0.1, 0.15) is 4.90 Å². The van der Waals surface area contributed by atoms with Crippen LogP contribution in [0, 0.1) is 31.3 Å². The van der Waals surface area contributed by atoms with Gasteiger partial charge >= 0.3 is 5.97 Å². The smallest absolute Gasteiger partial charge is 0.336 e. The van der Waals surface area contributed by atoms with Crippen molar-refractivity contribution in [2.75, 3.05) is 7.11 Å². The molecule has 0 fully saturated rings. The van der Waals surface area contributed by atoms with Gasteiger partial charge in [0.05, 0.1) is 7.11 Å². The third-order valence-electron chi connectivity index (χ3n) is 5.70. The second-order valence-corrected chi connectivity index (χ2v) is 10.5. The van der Waals surface area contributed by atoms with E-state index in [1.165, 1.54) is 7.11 Å².